The molecule has 2 heterocycles. The van der Waals surface area contributed by atoms with Crippen LogP contribution in [-0.4, -0.2) is 18.0 Å². The van der Waals surface area contributed by atoms with Gasteiger partial charge < -0.3 is 15.2 Å². The first-order valence-corrected chi connectivity index (χ1v) is 10.2. The van der Waals surface area contributed by atoms with Gasteiger partial charge in [-0.3, -0.25) is 9.78 Å². The lowest BCUT2D eigenvalue weighted by Crippen LogP contribution is -2.12. The second-order valence-corrected chi connectivity index (χ2v) is 8.33. The van der Waals surface area contributed by atoms with Crippen LogP contribution in [0.4, 0.5) is 0 Å². The topological polar surface area (TPSA) is 74.4 Å². The molecule has 0 aliphatic carbocycles. The minimum absolute atomic E-state index is 0.444. The highest BCUT2D eigenvalue weighted by molar-refractivity contribution is 7.21. The second-order valence-electron chi connectivity index (χ2n) is 7.31. The molecule has 6 heteroatoms. The molecule has 5 nitrogen and oxygen atoms in total. The maximum Gasteiger partial charge on any atom is 0.254 e. The van der Waals surface area contributed by atoms with Crippen LogP contribution in [-0.2, 0) is 6.42 Å². The van der Waals surface area contributed by atoms with Crippen molar-refractivity contribution in [3.63, 3.8) is 0 Å². The molecule has 4 aromatic rings. The van der Waals surface area contributed by atoms with Gasteiger partial charge >= 0.3 is 0 Å². The summed E-state index contributed by atoms with van der Waals surface area (Å²) in [6.45, 7) is 4.31. The number of aromatic nitrogens is 1. The average molecular weight is 407 g/mol. The minimum atomic E-state index is -0.484. The smallest absolute Gasteiger partial charge is 0.254 e. The number of hydrogen-bond donors (Lipinski definition) is 1. The molecule has 2 aromatic heterocycles. The van der Waals surface area contributed by atoms with Gasteiger partial charge in [-0.05, 0) is 42.2 Å². The second kappa shape index (κ2) is 7.72. The van der Waals surface area contributed by atoms with E-state index in [-0.39, 0.29) is 0 Å². The number of carbonyl (C=O) groups excluding carboxylic acids is 1. The van der Waals surface area contributed by atoms with Crippen molar-refractivity contribution in [1.29, 1.82) is 0 Å². The minimum Gasteiger partial charge on any atom is -0.497 e. The molecule has 0 atom stereocenters. The van der Waals surface area contributed by atoms with Crippen molar-refractivity contribution in [2.75, 3.05) is 7.11 Å². The van der Waals surface area contributed by atoms with E-state index in [1.54, 1.807) is 19.4 Å². The van der Waals surface area contributed by atoms with Gasteiger partial charge in [-0.15, -0.1) is 0 Å². The molecule has 0 bridgehead atoms. The maximum atomic E-state index is 12.4. The van der Waals surface area contributed by atoms with E-state index in [0.717, 1.165) is 38.7 Å². The molecule has 0 radical (unpaired) electrons. The molecule has 1 amide bonds. The maximum absolute atomic E-state index is 12.4. The number of primary amides is 1. The van der Waals surface area contributed by atoms with E-state index in [0.29, 0.717) is 22.3 Å². The van der Waals surface area contributed by atoms with Gasteiger partial charge in [0, 0.05) is 27.7 Å². The van der Waals surface area contributed by atoms with E-state index < -0.39 is 5.91 Å². The average Bonchev–Trinajstić information content (AvgIpc) is 3.06. The number of carbonyl (C=O) groups is 1. The molecule has 2 N–H and O–H groups in total. The molecule has 2 aromatic carbocycles. The van der Waals surface area contributed by atoms with Crippen LogP contribution in [0.5, 0.6) is 16.6 Å². The number of nitrogens with two attached hydrogens (primary N) is 1. The third-order valence-electron chi connectivity index (χ3n) is 4.76. The van der Waals surface area contributed by atoms with E-state index in [9.17, 15) is 4.79 Å². The summed E-state index contributed by atoms with van der Waals surface area (Å²) in [4.78, 5) is 16.8. The predicted octanol–water partition coefficient (Wildman–Crippen LogP) is 5.55. The first-order valence-electron chi connectivity index (χ1n) is 9.42. The lowest BCUT2D eigenvalue weighted by atomic mass is 9.97. The zero-order valence-corrected chi connectivity index (χ0v) is 17.4. The van der Waals surface area contributed by atoms with Crippen molar-refractivity contribution in [2.24, 2.45) is 11.7 Å². The zero-order valence-electron chi connectivity index (χ0n) is 16.6. The predicted molar refractivity (Wildman–Crippen MR) is 117 cm³/mol. The Morgan fingerprint density at radius 2 is 2.03 bits per heavy atom. The molecule has 0 saturated heterocycles. The monoisotopic (exact) mass is 406 g/mol. The van der Waals surface area contributed by atoms with Gasteiger partial charge in [-0.1, -0.05) is 37.3 Å². The van der Waals surface area contributed by atoms with Gasteiger partial charge in [-0.2, -0.15) is 0 Å². The Kier molecular flexibility index (Phi) is 5.11. The fraction of sp³-hybridized carbons (Fsp3) is 0.217. The Morgan fingerprint density at radius 3 is 2.76 bits per heavy atom. The first kappa shape index (κ1) is 19.2. The van der Waals surface area contributed by atoms with Gasteiger partial charge in [-0.25, -0.2) is 0 Å². The molecule has 0 aliphatic heterocycles. The summed E-state index contributed by atoms with van der Waals surface area (Å²) < 4.78 is 12.5. The molecular formula is C23H22N2O3S. The lowest BCUT2D eigenvalue weighted by molar-refractivity contribution is 0.100. The Balaban J connectivity index is 1.86. The van der Waals surface area contributed by atoms with Crippen molar-refractivity contribution in [3.8, 4) is 16.6 Å². The number of benzene rings is 2. The van der Waals surface area contributed by atoms with Crippen LogP contribution >= 0.6 is 11.3 Å². The number of nitrogens with zero attached hydrogens (tertiary/aromatic N) is 1. The standard InChI is InChI=1S/C23H22N2O3S/c1-13(2)11-14-5-4-6-19-20(14)21(22(24)26)23(29-19)28-18-9-10-25-17-12-15(27-3)7-8-16(17)18/h4-10,12-13H,11H2,1-3H3,(H2,24,26). The van der Waals surface area contributed by atoms with E-state index >= 15 is 0 Å². The highest BCUT2D eigenvalue weighted by atomic mass is 32.1. The number of methoxy groups -OCH3 is 1. The van der Waals surface area contributed by atoms with Crippen LogP contribution in [0.25, 0.3) is 21.0 Å². The van der Waals surface area contributed by atoms with Gasteiger partial charge in [0.15, 0.2) is 5.06 Å². The summed E-state index contributed by atoms with van der Waals surface area (Å²) in [6, 6.07) is 13.5. The molecule has 0 spiro atoms. The van der Waals surface area contributed by atoms with Crippen molar-refractivity contribution < 1.29 is 14.3 Å². The third kappa shape index (κ3) is 3.63. The van der Waals surface area contributed by atoms with Crippen LogP contribution in [0.3, 0.4) is 0 Å². The Morgan fingerprint density at radius 1 is 1.21 bits per heavy atom. The Hall–Kier alpha value is -3.12. The first-order chi connectivity index (χ1) is 14.0. The van der Waals surface area contributed by atoms with Crippen molar-refractivity contribution in [2.45, 2.75) is 20.3 Å². The van der Waals surface area contributed by atoms with Crippen molar-refractivity contribution in [3.05, 3.63) is 59.8 Å². The molecule has 29 heavy (non-hydrogen) atoms. The van der Waals surface area contributed by atoms with E-state index in [4.69, 9.17) is 15.2 Å². The van der Waals surface area contributed by atoms with Gasteiger partial charge in [0.1, 0.15) is 17.1 Å². The fourth-order valence-electron chi connectivity index (χ4n) is 3.52. The van der Waals surface area contributed by atoms with Gasteiger partial charge in [0.2, 0.25) is 0 Å². The van der Waals surface area contributed by atoms with E-state index in [1.165, 1.54) is 11.3 Å². The van der Waals surface area contributed by atoms with Crippen LogP contribution in [0.2, 0.25) is 0 Å². The van der Waals surface area contributed by atoms with Crippen LogP contribution < -0.4 is 15.2 Å². The van der Waals surface area contributed by atoms with E-state index in [2.05, 4.69) is 24.9 Å². The summed E-state index contributed by atoms with van der Waals surface area (Å²) in [7, 11) is 1.62. The van der Waals surface area contributed by atoms with Crippen LogP contribution in [0.1, 0.15) is 29.8 Å². The molecule has 0 unspecified atom stereocenters. The fourth-order valence-corrected chi connectivity index (χ4v) is 4.64. The highest BCUT2D eigenvalue weighted by Gasteiger charge is 2.22. The van der Waals surface area contributed by atoms with Crippen molar-refractivity contribution in [1.82, 2.24) is 4.98 Å². The normalized spacial score (nSPS) is 11.3. The quantitative estimate of drug-likeness (QED) is 0.456. The Labute approximate surface area is 173 Å². The summed E-state index contributed by atoms with van der Waals surface area (Å²) in [5.41, 5.74) is 8.10. The summed E-state index contributed by atoms with van der Waals surface area (Å²) in [5.74, 6) is 1.32. The summed E-state index contributed by atoms with van der Waals surface area (Å²) >= 11 is 1.44. The molecule has 0 saturated carbocycles. The molecule has 0 aliphatic rings. The molecule has 0 fully saturated rings. The molecular weight excluding hydrogens is 384 g/mol. The van der Waals surface area contributed by atoms with Crippen LogP contribution in [0, 0.1) is 5.92 Å². The number of pyridine rings is 1. The third-order valence-corrected chi connectivity index (χ3v) is 5.79. The number of fused-ring (bicyclic) bond motifs is 2. The van der Waals surface area contributed by atoms with E-state index in [1.807, 2.05) is 30.3 Å². The number of hydrogen-bond acceptors (Lipinski definition) is 5. The number of amides is 1. The molecule has 4 rings (SSSR count). The number of rotatable bonds is 6. The van der Waals surface area contributed by atoms with Gasteiger partial charge in [0.25, 0.3) is 5.91 Å². The summed E-state index contributed by atoms with van der Waals surface area (Å²) in [5, 5.41) is 2.24. The summed E-state index contributed by atoms with van der Waals surface area (Å²) in [6.07, 6.45) is 2.55. The van der Waals surface area contributed by atoms with Crippen molar-refractivity contribution >= 4 is 38.2 Å². The highest BCUT2D eigenvalue weighted by Crippen LogP contribution is 2.43. The SMILES string of the molecule is COc1ccc2c(Oc3sc4cccc(CC(C)C)c4c3C(N)=O)ccnc2c1. The zero-order chi connectivity index (χ0) is 20.5. The lowest BCUT2D eigenvalue weighted by Gasteiger charge is -2.10. The van der Waals surface area contributed by atoms with Gasteiger partial charge in [0.05, 0.1) is 12.6 Å². The van der Waals surface area contributed by atoms with Crippen LogP contribution in [0.15, 0.2) is 48.7 Å². The number of thiophene rings is 1. The molecule has 148 valence electrons. The number of ether oxygens (including phenoxy) is 2. The largest absolute Gasteiger partial charge is 0.497 e. The Bertz CT molecular complexity index is 1210.